The molecule has 1 N–H and O–H groups in total. The minimum absolute atomic E-state index is 0.0741. The number of carbonyl (C=O) groups is 2. The standard InChI is InChI=1S/C5H2N2O3/c8-4-2-1-10-7-3(2)5(9)6-4/h1H,(H,6,8,9). The molecule has 0 saturated heterocycles. The zero-order valence-corrected chi connectivity index (χ0v) is 4.75. The number of nitrogens with zero attached hydrogens (tertiary/aromatic N) is 1. The van der Waals surface area contributed by atoms with E-state index in [0.29, 0.717) is 0 Å². The summed E-state index contributed by atoms with van der Waals surface area (Å²) < 4.78 is 4.40. The Morgan fingerprint density at radius 3 is 2.90 bits per heavy atom. The van der Waals surface area contributed by atoms with E-state index in [9.17, 15) is 9.59 Å². The van der Waals surface area contributed by atoms with Gasteiger partial charge in [-0.15, -0.1) is 0 Å². The first-order chi connectivity index (χ1) is 4.79. The number of amides is 2. The van der Waals surface area contributed by atoms with Crippen molar-refractivity contribution in [2.24, 2.45) is 0 Å². The van der Waals surface area contributed by atoms with E-state index in [4.69, 9.17) is 0 Å². The van der Waals surface area contributed by atoms with Gasteiger partial charge in [-0.1, -0.05) is 5.16 Å². The second-order valence-corrected chi connectivity index (χ2v) is 1.86. The molecule has 1 aliphatic heterocycles. The molecule has 0 radical (unpaired) electrons. The highest BCUT2D eigenvalue weighted by atomic mass is 16.5. The number of nitrogens with one attached hydrogen (secondary N) is 1. The number of fused-ring (bicyclic) bond motifs is 1. The molecule has 0 aromatic carbocycles. The Balaban J connectivity index is 2.69. The van der Waals surface area contributed by atoms with Gasteiger partial charge in [0.25, 0.3) is 11.8 Å². The van der Waals surface area contributed by atoms with E-state index >= 15 is 0 Å². The number of rotatable bonds is 0. The largest absolute Gasteiger partial charge is 0.363 e. The molecule has 1 aromatic rings. The van der Waals surface area contributed by atoms with Gasteiger partial charge in [-0.05, 0) is 0 Å². The van der Waals surface area contributed by atoms with E-state index in [-0.39, 0.29) is 11.3 Å². The predicted molar refractivity (Wildman–Crippen MR) is 28.3 cm³/mol. The van der Waals surface area contributed by atoms with Gasteiger partial charge in [0.2, 0.25) is 0 Å². The quantitative estimate of drug-likeness (QED) is 0.493. The summed E-state index contributed by atoms with van der Waals surface area (Å²) in [5.41, 5.74) is 0.287. The molecule has 0 aliphatic carbocycles. The first-order valence-corrected chi connectivity index (χ1v) is 2.59. The maximum atomic E-state index is 10.7. The van der Waals surface area contributed by atoms with E-state index in [1.807, 2.05) is 0 Å². The van der Waals surface area contributed by atoms with E-state index in [1.165, 1.54) is 0 Å². The highest BCUT2D eigenvalue weighted by Gasteiger charge is 2.30. The minimum Gasteiger partial charge on any atom is -0.363 e. The van der Waals surface area contributed by atoms with Crippen molar-refractivity contribution >= 4 is 11.8 Å². The third-order valence-corrected chi connectivity index (χ3v) is 1.26. The molecule has 0 fully saturated rings. The Kier molecular flexibility index (Phi) is 0.743. The van der Waals surface area contributed by atoms with Gasteiger partial charge in [-0.2, -0.15) is 0 Å². The maximum Gasteiger partial charge on any atom is 0.281 e. The van der Waals surface area contributed by atoms with Crippen LogP contribution in [0, 0.1) is 0 Å². The highest BCUT2D eigenvalue weighted by molar-refractivity contribution is 6.20. The molecule has 5 nitrogen and oxygen atoms in total. The maximum absolute atomic E-state index is 10.7. The number of imide groups is 1. The molecule has 0 atom stereocenters. The van der Waals surface area contributed by atoms with Gasteiger partial charge in [-0.3, -0.25) is 14.9 Å². The van der Waals surface area contributed by atoms with Crippen LogP contribution in [0.2, 0.25) is 0 Å². The van der Waals surface area contributed by atoms with Crippen LogP contribution in [-0.4, -0.2) is 17.0 Å². The summed E-state index contributed by atoms with van der Waals surface area (Å²) in [4.78, 5) is 21.4. The highest BCUT2D eigenvalue weighted by Crippen LogP contribution is 2.11. The molecule has 0 bridgehead atoms. The molecule has 0 spiro atoms. The van der Waals surface area contributed by atoms with Gasteiger partial charge < -0.3 is 4.52 Å². The molecule has 2 heterocycles. The average molecular weight is 138 g/mol. The van der Waals surface area contributed by atoms with Crippen LogP contribution in [0.4, 0.5) is 0 Å². The monoisotopic (exact) mass is 138 g/mol. The number of carbonyl (C=O) groups excluding carboxylic acids is 2. The van der Waals surface area contributed by atoms with Crippen LogP contribution in [0.5, 0.6) is 0 Å². The Morgan fingerprint density at radius 2 is 2.20 bits per heavy atom. The lowest BCUT2D eigenvalue weighted by Gasteiger charge is -1.83. The Morgan fingerprint density at radius 1 is 1.40 bits per heavy atom. The fourth-order valence-electron chi connectivity index (χ4n) is 0.791. The van der Waals surface area contributed by atoms with Crippen molar-refractivity contribution in [3.8, 4) is 0 Å². The van der Waals surface area contributed by atoms with Crippen molar-refractivity contribution in [2.45, 2.75) is 0 Å². The summed E-state index contributed by atoms with van der Waals surface area (Å²) in [6, 6.07) is 0. The molecule has 1 aliphatic rings. The Hall–Kier alpha value is -1.65. The Bertz CT molecular complexity index is 286. The van der Waals surface area contributed by atoms with Gasteiger partial charge in [0.05, 0.1) is 0 Å². The van der Waals surface area contributed by atoms with Gasteiger partial charge in [0.1, 0.15) is 11.8 Å². The predicted octanol–water partition coefficient (Wildman–Crippen LogP) is -0.442. The van der Waals surface area contributed by atoms with Crippen molar-refractivity contribution in [3.05, 3.63) is 17.5 Å². The zero-order chi connectivity index (χ0) is 7.14. The number of aromatic nitrogens is 1. The normalized spacial score (nSPS) is 15.2. The molecule has 2 rings (SSSR count). The molecule has 2 amide bonds. The summed E-state index contributed by atoms with van der Waals surface area (Å²) in [6.07, 6.45) is 1.15. The fraction of sp³-hybridized carbons (Fsp3) is 0. The third kappa shape index (κ3) is 0.439. The fourth-order valence-corrected chi connectivity index (χ4v) is 0.791. The Labute approximate surface area is 55.0 Å². The van der Waals surface area contributed by atoms with Crippen molar-refractivity contribution in [1.82, 2.24) is 10.5 Å². The lowest BCUT2D eigenvalue weighted by atomic mass is 10.3. The molecule has 50 valence electrons. The van der Waals surface area contributed by atoms with Crippen LogP contribution in [0.25, 0.3) is 0 Å². The van der Waals surface area contributed by atoms with Crippen molar-refractivity contribution in [3.63, 3.8) is 0 Å². The van der Waals surface area contributed by atoms with E-state index in [2.05, 4.69) is 15.0 Å². The van der Waals surface area contributed by atoms with Crippen LogP contribution < -0.4 is 5.32 Å². The number of hydrogen-bond acceptors (Lipinski definition) is 4. The second-order valence-electron chi connectivity index (χ2n) is 1.86. The van der Waals surface area contributed by atoms with E-state index < -0.39 is 11.8 Å². The van der Waals surface area contributed by atoms with Crippen LogP contribution in [0.15, 0.2) is 10.8 Å². The van der Waals surface area contributed by atoms with Gasteiger partial charge in [0.15, 0.2) is 5.69 Å². The van der Waals surface area contributed by atoms with Gasteiger partial charge >= 0.3 is 0 Å². The average Bonchev–Trinajstić information content (AvgIpc) is 2.39. The third-order valence-electron chi connectivity index (χ3n) is 1.26. The summed E-state index contributed by atoms with van der Waals surface area (Å²) in [5, 5.41) is 5.38. The first kappa shape index (κ1) is 5.16. The SMILES string of the molecule is O=C1NC(=O)c2nocc21. The van der Waals surface area contributed by atoms with Crippen molar-refractivity contribution in [1.29, 1.82) is 0 Å². The van der Waals surface area contributed by atoms with Crippen LogP contribution in [0.3, 0.4) is 0 Å². The molecule has 10 heavy (non-hydrogen) atoms. The summed E-state index contributed by atoms with van der Waals surface area (Å²) in [7, 11) is 0. The van der Waals surface area contributed by atoms with E-state index in [0.717, 1.165) is 6.26 Å². The summed E-state index contributed by atoms with van der Waals surface area (Å²) >= 11 is 0. The van der Waals surface area contributed by atoms with Crippen LogP contribution in [0.1, 0.15) is 20.8 Å². The summed E-state index contributed by atoms with van der Waals surface area (Å²) in [5.74, 6) is -0.935. The van der Waals surface area contributed by atoms with Gasteiger partial charge in [0, 0.05) is 0 Å². The summed E-state index contributed by atoms with van der Waals surface area (Å²) in [6.45, 7) is 0. The minimum atomic E-state index is -0.492. The van der Waals surface area contributed by atoms with Crippen molar-refractivity contribution < 1.29 is 14.1 Å². The molecular formula is C5H2N2O3. The lowest BCUT2D eigenvalue weighted by molar-refractivity contribution is 0.0872. The first-order valence-electron chi connectivity index (χ1n) is 2.59. The molecule has 5 heteroatoms. The molecule has 0 unspecified atom stereocenters. The second kappa shape index (κ2) is 1.44. The zero-order valence-electron chi connectivity index (χ0n) is 4.75. The molecule has 1 aromatic heterocycles. The van der Waals surface area contributed by atoms with E-state index in [1.54, 1.807) is 0 Å². The topological polar surface area (TPSA) is 72.2 Å². The molecular weight excluding hydrogens is 136 g/mol. The van der Waals surface area contributed by atoms with Crippen LogP contribution >= 0.6 is 0 Å². The van der Waals surface area contributed by atoms with Crippen LogP contribution in [-0.2, 0) is 0 Å². The number of hydrogen-bond donors (Lipinski definition) is 1. The molecule has 0 saturated carbocycles. The van der Waals surface area contributed by atoms with Gasteiger partial charge in [-0.25, -0.2) is 0 Å². The van der Waals surface area contributed by atoms with Crippen molar-refractivity contribution in [2.75, 3.05) is 0 Å². The lowest BCUT2D eigenvalue weighted by Crippen LogP contribution is -2.20. The smallest absolute Gasteiger partial charge is 0.281 e.